The van der Waals surface area contributed by atoms with Crippen LogP contribution in [0, 0.1) is 0 Å². The van der Waals surface area contributed by atoms with Crippen LogP contribution in [0.5, 0.6) is 0 Å². The molecule has 8 heteroatoms. The van der Waals surface area contributed by atoms with Crippen LogP contribution in [-0.4, -0.2) is 49.1 Å². The third-order valence-corrected chi connectivity index (χ3v) is 5.15. The van der Waals surface area contributed by atoms with Crippen molar-refractivity contribution in [3.8, 4) is 0 Å². The standard InChI is InChI=1S/C13H18N2O5S/c1-13(2)8-15(5-6-20-13)21(18,19)11-4-3-9(14)7-10(11)12(16)17/h3-4,7H,5-6,8,14H2,1-2H3,(H,16,17). The first-order valence-electron chi connectivity index (χ1n) is 6.40. The molecule has 0 bridgehead atoms. The summed E-state index contributed by atoms with van der Waals surface area (Å²) in [6.07, 6.45) is 0. The molecule has 1 aromatic carbocycles. The second-order valence-electron chi connectivity index (χ2n) is 5.51. The van der Waals surface area contributed by atoms with Gasteiger partial charge >= 0.3 is 5.97 Å². The van der Waals surface area contributed by atoms with Crippen LogP contribution >= 0.6 is 0 Å². The van der Waals surface area contributed by atoms with Gasteiger partial charge in [0.2, 0.25) is 10.0 Å². The normalized spacial score (nSPS) is 19.3. The molecule has 1 aliphatic rings. The van der Waals surface area contributed by atoms with E-state index in [1.54, 1.807) is 13.8 Å². The molecule has 1 saturated heterocycles. The van der Waals surface area contributed by atoms with E-state index in [0.29, 0.717) is 0 Å². The molecular formula is C13H18N2O5S. The first-order valence-corrected chi connectivity index (χ1v) is 7.84. The maximum absolute atomic E-state index is 12.7. The lowest BCUT2D eigenvalue weighted by Gasteiger charge is -2.37. The number of hydrogen-bond donors (Lipinski definition) is 2. The highest BCUT2D eigenvalue weighted by Crippen LogP contribution is 2.26. The molecule has 1 aliphatic heterocycles. The second-order valence-corrected chi connectivity index (χ2v) is 7.41. The molecule has 116 valence electrons. The number of carboxylic acid groups (broad SMARTS) is 1. The molecule has 21 heavy (non-hydrogen) atoms. The van der Waals surface area contributed by atoms with Crippen molar-refractivity contribution in [1.82, 2.24) is 4.31 Å². The number of rotatable bonds is 3. The Labute approximate surface area is 123 Å². The number of carbonyl (C=O) groups is 1. The molecule has 0 aliphatic carbocycles. The number of benzene rings is 1. The SMILES string of the molecule is CC1(C)CN(S(=O)(=O)c2ccc(N)cc2C(=O)O)CCO1. The molecule has 0 amide bonds. The average Bonchev–Trinajstić information content (AvgIpc) is 2.37. The molecule has 1 heterocycles. The molecule has 7 nitrogen and oxygen atoms in total. The number of morpholine rings is 1. The summed E-state index contributed by atoms with van der Waals surface area (Å²) in [4.78, 5) is 11.0. The zero-order valence-corrected chi connectivity index (χ0v) is 12.7. The van der Waals surface area contributed by atoms with E-state index in [9.17, 15) is 18.3 Å². The van der Waals surface area contributed by atoms with Crippen LogP contribution in [0.15, 0.2) is 23.1 Å². The van der Waals surface area contributed by atoms with Gasteiger partial charge in [-0.15, -0.1) is 0 Å². The Kier molecular flexibility index (Phi) is 3.96. The smallest absolute Gasteiger partial charge is 0.337 e. The van der Waals surface area contributed by atoms with Crippen LogP contribution in [0.2, 0.25) is 0 Å². The fraction of sp³-hybridized carbons (Fsp3) is 0.462. The molecule has 0 radical (unpaired) electrons. The molecule has 1 aromatic rings. The van der Waals surface area contributed by atoms with Gasteiger partial charge in [0.25, 0.3) is 0 Å². The average molecular weight is 314 g/mol. The van der Waals surface area contributed by atoms with Gasteiger partial charge in [-0.3, -0.25) is 0 Å². The minimum atomic E-state index is -3.91. The molecule has 1 fully saturated rings. The predicted molar refractivity (Wildman–Crippen MR) is 76.6 cm³/mol. The van der Waals surface area contributed by atoms with Crippen LogP contribution in [0.25, 0.3) is 0 Å². The van der Waals surface area contributed by atoms with Crippen LogP contribution in [0.4, 0.5) is 5.69 Å². The number of ether oxygens (including phenoxy) is 1. The number of nitrogen functional groups attached to an aromatic ring is 1. The number of carboxylic acids is 1. The summed E-state index contributed by atoms with van der Waals surface area (Å²) < 4.78 is 32.1. The van der Waals surface area contributed by atoms with Crippen molar-refractivity contribution in [2.75, 3.05) is 25.4 Å². The lowest BCUT2D eigenvalue weighted by atomic mass is 10.1. The second kappa shape index (κ2) is 5.28. The Morgan fingerprint density at radius 1 is 1.43 bits per heavy atom. The first-order chi connectivity index (χ1) is 9.63. The molecule has 3 N–H and O–H groups in total. The van der Waals surface area contributed by atoms with Crippen LogP contribution in [0.3, 0.4) is 0 Å². The van der Waals surface area contributed by atoms with Gasteiger partial charge in [0.15, 0.2) is 0 Å². The summed E-state index contributed by atoms with van der Waals surface area (Å²) >= 11 is 0. The van der Waals surface area contributed by atoms with Gasteiger partial charge < -0.3 is 15.6 Å². The fourth-order valence-corrected chi connectivity index (χ4v) is 4.00. The van der Waals surface area contributed by atoms with Crippen molar-refractivity contribution < 1.29 is 23.1 Å². The molecule has 0 spiro atoms. The first kappa shape index (κ1) is 15.7. The van der Waals surface area contributed by atoms with E-state index in [1.165, 1.54) is 16.4 Å². The minimum Gasteiger partial charge on any atom is -0.478 e. The van der Waals surface area contributed by atoms with E-state index in [-0.39, 0.29) is 35.8 Å². The van der Waals surface area contributed by atoms with Gasteiger partial charge in [-0.2, -0.15) is 4.31 Å². The topological polar surface area (TPSA) is 110 Å². The Morgan fingerprint density at radius 2 is 2.10 bits per heavy atom. The molecule has 0 saturated carbocycles. The number of aromatic carboxylic acids is 1. The van der Waals surface area contributed by atoms with Gasteiger partial charge in [-0.05, 0) is 32.0 Å². The monoisotopic (exact) mass is 314 g/mol. The minimum absolute atomic E-state index is 0.165. The fourth-order valence-electron chi connectivity index (χ4n) is 2.26. The van der Waals surface area contributed by atoms with E-state index in [0.717, 1.165) is 6.07 Å². The zero-order valence-electron chi connectivity index (χ0n) is 11.9. The number of nitrogens with zero attached hydrogens (tertiary/aromatic N) is 1. The maximum Gasteiger partial charge on any atom is 0.337 e. The van der Waals surface area contributed by atoms with Gasteiger partial charge in [-0.1, -0.05) is 0 Å². The van der Waals surface area contributed by atoms with Gasteiger partial charge in [-0.25, -0.2) is 13.2 Å². The van der Waals surface area contributed by atoms with Crippen molar-refractivity contribution in [1.29, 1.82) is 0 Å². The summed E-state index contributed by atoms with van der Waals surface area (Å²) in [5, 5.41) is 9.19. The molecular weight excluding hydrogens is 296 g/mol. The van der Waals surface area contributed by atoms with Crippen molar-refractivity contribution in [3.05, 3.63) is 23.8 Å². The summed E-state index contributed by atoms with van der Waals surface area (Å²) in [5.74, 6) is -1.33. The maximum atomic E-state index is 12.7. The molecule has 0 aromatic heterocycles. The Morgan fingerprint density at radius 3 is 2.67 bits per heavy atom. The quantitative estimate of drug-likeness (QED) is 0.797. The number of anilines is 1. The Hall–Kier alpha value is -1.64. The van der Waals surface area contributed by atoms with Crippen molar-refractivity contribution in [2.45, 2.75) is 24.3 Å². The van der Waals surface area contributed by atoms with E-state index in [2.05, 4.69) is 0 Å². The summed E-state index contributed by atoms with van der Waals surface area (Å²) in [6, 6.07) is 3.77. The van der Waals surface area contributed by atoms with Crippen LogP contribution < -0.4 is 5.73 Å². The van der Waals surface area contributed by atoms with E-state index in [1.807, 2.05) is 0 Å². The van der Waals surface area contributed by atoms with E-state index in [4.69, 9.17) is 10.5 Å². The molecule has 2 rings (SSSR count). The predicted octanol–water partition coefficient (Wildman–Crippen LogP) is 0.766. The van der Waals surface area contributed by atoms with Gasteiger partial charge in [0.1, 0.15) is 0 Å². The Bertz CT molecular complexity index is 669. The molecule has 0 atom stereocenters. The summed E-state index contributed by atoms with van der Waals surface area (Å²) in [7, 11) is -3.91. The van der Waals surface area contributed by atoms with Crippen molar-refractivity contribution >= 4 is 21.7 Å². The highest BCUT2D eigenvalue weighted by molar-refractivity contribution is 7.89. The zero-order chi connectivity index (χ0) is 15.8. The highest BCUT2D eigenvalue weighted by Gasteiger charge is 2.36. The number of hydrogen-bond acceptors (Lipinski definition) is 5. The number of nitrogens with two attached hydrogens (primary N) is 1. The van der Waals surface area contributed by atoms with Crippen molar-refractivity contribution in [3.63, 3.8) is 0 Å². The van der Waals surface area contributed by atoms with Crippen molar-refractivity contribution in [2.24, 2.45) is 0 Å². The third-order valence-electron chi connectivity index (χ3n) is 3.24. The lowest BCUT2D eigenvalue weighted by molar-refractivity contribution is -0.0640. The largest absolute Gasteiger partial charge is 0.478 e. The summed E-state index contributed by atoms with van der Waals surface area (Å²) in [6.45, 7) is 4.20. The third kappa shape index (κ3) is 3.17. The van der Waals surface area contributed by atoms with Crippen LogP contribution in [-0.2, 0) is 14.8 Å². The Balaban J connectivity index is 2.47. The lowest BCUT2D eigenvalue weighted by Crippen LogP contribution is -2.50. The van der Waals surface area contributed by atoms with Crippen LogP contribution in [0.1, 0.15) is 24.2 Å². The molecule has 0 unspecified atom stereocenters. The number of sulfonamides is 1. The summed E-state index contributed by atoms with van der Waals surface area (Å²) in [5.41, 5.74) is 4.81. The highest BCUT2D eigenvalue weighted by atomic mass is 32.2. The van der Waals surface area contributed by atoms with Gasteiger partial charge in [0, 0.05) is 18.8 Å². The van der Waals surface area contributed by atoms with E-state index >= 15 is 0 Å². The van der Waals surface area contributed by atoms with E-state index < -0.39 is 21.6 Å². The van der Waals surface area contributed by atoms with Gasteiger partial charge in [0.05, 0.1) is 22.7 Å².